The summed E-state index contributed by atoms with van der Waals surface area (Å²) in [5, 5.41) is 4.55. The van der Waals surface area contributed by atoms with Crippen LogP contribution in [-0.2, 0) is 26.5 Å². The number of thiophene rings is 1. The number of fused-ring (bicyclic) bond motifs is 8. The molecule has 0 atom stereocenters. The third kappa shape index (κ3) is 5.51. The molecule has 0 unspecified atom stereocenters. The number of para-hydroxylation sites is 3. The van der Waals surface area contributed by atoms with E-state index in [1.54, 1.807) is 11.3 Å². The standard InChI is InChI=1S/C44H37N4OS.Pt/c1-43(2,3)28-22-23-45-39(24-28)48-33-18-9-7-16-31(33)40-36(48)26-37(41-32-17-8-12-21-38(32)50-42(40)41)49-30-15-13-14-29(25-30)46-27-47(44(4,5)6)35-20-11-10-19-34(35)46;/h7-24,27H,1-6H3;/q-3;. The summed E-state index contributed by atoms with van der Waals surface area (Å²) in [6, 6.07) is 43.5. The molecule has 7 heteroatoms. The molecule has 9 rings (SSSR count). The zero-order valence-corrected chi connectivity index (χ0v) is 32.5. The van der Waals surface area contributed by atoms with Gasteiger partial charge < -0.3 is 19.1 Å². The Morgan fingerprint density at radius 2 is 1.47 bits per heavy atom. The van der Waals surface area contributed by atoms with Gasteiger partial charge >= 0.3 is 0 Å². The van der Waals surface area contributed by atoms with Gasteiger partial charge in [-0.05, 0) is 73.5 Å². The molecule has 0 radical (unpaired) electrons. The van der Waals surface area contributed by atoms with Crippen LogP contribution in [0.5, 0.6) is 11.5 Å². The fourth-order valence-electron chi connectivity index (χ4n) is 7.11. The van der Waals surface area contributed by atoms with E-state index < -0.39 is 0 Å². The summed E-state index contributed by atoms with van der Waals surface area (Å²) in [5.41, 5.74) is 6.34. The van der Waals surface area contributed by atoms with Crippen molar-refractivity contribution in [2.75, 3.05) is 9.80 Å². The van der Waals surface area contributed by atoms with Crippen molar-refractivity contribution < 1.29 is 25.8 Å². The molecule has 0 amide bonds. The van der Waals surface area contributed by atoms with Crippen LogP contribution in [0.3, 0.4) is 0 Å². The number of hydrogen-bond donors (Lipinski definition) is 0. The summed E-state index contributed by atoms with van der Waals surface area (Å²) in [7, 11) is 0. The third-order valence-electron chi connectivity index (χ3n) is 9.58. The molecule has 0 aliphatic carbocycles. The van der Waals surface area contributed by atoms with E-state index in [4.69, 9.17) is 9.72 Å². The van der Waals surface area contributed by atoms with Crippen LogP contribution in [0.25, 0.3) is 47.8 Å². The van der Waals surface area contributed by atoms with E-state index in [2.05, 4.69) is 166 Å². The van der Waals surface area contributed by atoms with Crippen molar-refractivity contribution in [1.82, 2.24) is 9.55 Å². The molecule has 4 heterocycles. The summed E-state index contributed by atoms with van der Waals surface area (Å²) >= 11 is 1.80. The molecule has 1 aliphatic heterocycles. The van der Waals surface area contributed by atoms with Gasteiger partial charge in [-0.1, -0.05) is 95.7 Å². The van der Waals surface area contributed by atoms with Crippen molar-refractivity contribution >= 4 is 70.4 Å². The Kier molecular flexibility index (Phi) is 8.05. The fourth-order valence-corrected chi connectivity index (χ4v) is 8.37. The Bertz CT molecular complexity index is 2610. The molecule has 5 aromatic carbocycles. The van der Waals surface area contributed by atoms with Crippen LogP contribution in [-0.4, -0.2) is 15.1 Å². The molecule has 258 valence electrons. The SMILES string of the molecule is CC(C)(C)c1ccnc(-n2c3[c-]c(Oc4[c-]c(N5[CH-]N(C(C)(C)C)c6ccccc65)ccc4)c4c5ccccc5sc4c3c3ccccc32)c1.[Pt]. The van der Waals surface area contributed by atoms with Gasteiger partial charge in [-0.3, -0.25) is 0 Å². The first-order valence-electron chi connectivity index (χ1n) is 17.1. The molecule has 0 N–H and O–H groups in total. The molecular formula is C44H37N4OPtS-3. The number of hydrogen-bond acceptors (Lipinski definition) is 5. The number of benzene rings is 5. The number of nitrogens with zero attached hydrogens (tertiary/aromatic N) is 4. The molecule has 0 saturated heterocycles. The van der Waals surface area contributed by atoms with Crippen LogP contribution >= 0.6 is 11.3 Å². The number of pyridine rings is 1. The molecule has 0 bridgehead atoms. The topological polar surface area (TPSA) is 33.5 Å². The van der Waals surface area contributed by atoms with Crippen LogP contribution in [0.2, 0.25) is 0 Å². The largest absolute Gasteiger partial charge is 0.508 e. The first-order valence-corrected chi connectivity index (χ1v) is 17.9. The quantitative estimate of drug-likeness (QED) is 0.165. The molecule has 0 saturated carbocycles. The zero-order chi connectivity index (χ0) is 34.4. The molecule has 3 aromatic heterocycles. The molecule has 51 heavy (non-hydrogen) atoms. The Labute approximate surface area is 317 Å². The normalized spacial score (nSPS) is 13.4. The minimum Gasteiger partial charge on any atom is -0.508 e. The van der Waals surface area contributed by atoms with Crippen LogP contribution in [0.15, 0.2) is 109 Å². The van der Waals surface area contributed by atoms with Crippen molar-refractivity contribution in [3.8, 4) is 17.3 Å². The second-order valence-electron chi connectivity index (χ2n) is 15.0. The van der Waals surface area contributed by atoms with Gasteiger partial charge in [-0.2, -0.15) is 24.1 Å². The molecule has 0 fully saturated rings. The van der Waals surface area contributed by atoms with Gasteiger partial charge in [0, 0.05) is 65.9 Å². The predicted molar refractivity (Wildman–Crippen MR) is 209 cm³/mol. The van der Waals surface area contributed by atoms with Crippen molar-refractivity contribution in [1.29, 1.82) is 0 Å². The van der Waals surface area contributed by atoms with Crippen molar-refractivity contribution in [2.45, 2.75) is 52.5 Å². The van der Waals surface area contributed by atoms with Gasteiger partial charge in [-0.25, -0.2) is 4.98 Å². The van der Waals surface area contributed by atoms with Crippen LogP contribution < -0.4 is 14.5 Å². The van der Waals surface area contributed by atoms with E-state index in [1.165, 1.54) is 26.0 Å². The molecule has 1 aliphatic rings. The molecule has 5 nitrogen and oxygen atoms in total. The second kappa shape index (κ2) is 12.2. The van der Waals surface area contributed by atoms with Gasteiger partial charge in [0.15, 0.2) is 0 Å². The van der Waals surface area contributed by atoms with Crippen LogP contribution in [0.1, 0.15) is 47.1 Å². The average Bonchev–Trinajstić information content (AvgIpc) is 3.78. The molecular weight excluding hydrogens is 828 g/mol. The van der Waals surface area contributed by atoms with E-state index in [9.17, 15) is 0 Å². The fraction of sp³-hybridized carbons (Fsp3) is 0.182. The first-order chi connectivity index (χ1) is 24.1. The number of aromatic nitrogens is 2. The third-order valence-corrected chi connectivity index (χ3v) is 10.8. The molecule has 0 spiro atoms. The number of ether oxygens (including phenoxy) is 1. The number of rotatable bonds is 4. The minimum absolute atomic E-state index is 0. The van der Waals surface area contributed by atoms with Gasteiger partial charge in [0.05, 0.1) is 0 Å². The van der Waals surface area contributed by atoms with Gasteiger partial charge in [0.1, 0.15) is 5.82 Å². The first kappa shape index (κ1) is 33.5. The van der Waals surface area contributed by atoms with Crippen molar-refractivity contribution in [3.63, 3.8) is 0 Å². The Balaban J connectivity index is 0.00000374. The van der Waals surface area contributed by atoms with Crippen LogP contribution in [0.4, 0.5) is 17.1 Å². The smallest absolute Gasteiger partial charge is 0.135 e. The van der Waals surface area contributed by atoms with Gasteiger partial charge in [0.25, 0.3) is 0 Å². The monoisotopic (exact) mass is 864 g/mol. The molecule has 8 aromatic rings. The zero-order valence-electron chi connectivity index (χ0n) is 29.4. The van der Waals surface area contributed by atoms with Crippen LogP contribution in [0, 0.1) is 18.8 Å². The Morgan fingerprint density at radius 3 is 2.25 bits per heavy atom. The number of anilines is 3. The van der Waals surface area contributed by atoms with E-state index in [-0.39, 0.29) is 32.0 Å². The van der Waals surface area contributed by atoms with E-state index in [1.807, 2.05) is 18.3 Å². The minimum atomic E-state index is -0.0886. The summed E-state index contributed by atoms with van der Waals surface area (Å²) in [4.78, 5) is 9.43. The van der Waals surface area contributed by atoms with Gasteiger partial charge in [0.2, 0.25) is 0 Å². The Hall–Kier alpha value is -4.64. The maximum absolute atomic E-state index is 6.92. The van der Waals surface area contributed by atoms with E-state index in [0.29, 0.717) is 11.5 Å². The van der Waals surface area contributed by atoms with Crippen molar-refractivity contribution in [2.24, 2.45) is 0 Å². The van der Waals surface area contributed by atoms with E-state index >= 15 is 0 Å². The summed E-state index contributed by atoms with van der Waals surface area (Å²) < 4.78 is 11.6. The average molecular weight is 865 g/mol. The van der Waals surface area contributed by atoms with Crippen molar-refractivity contribution in [3.05, 3.63) is 134 Å². The second-order valence-corrected chi connectivity index (χ2v) is 16.1. The Morgan fingerprint density at radius 1 is 0.745 bits per heavy atom. The summed E-state index contributed by atoms with van der Waals surface area (Å²) in [6.45, 7) is 15.6. The maximum atomic E-state index is 6.92. The maximum Gasteiger partial charge on any atom is 0.135 e. The van der Waals surface area contributed by atoms with Gasteiger partial charge in [-0.15, -0.1) is 30.0 Å². The summed E-state index contributed by atoms with van der Waals surface area (Å²) in [5.74, 6) is 2.17. The summed E-state index contributed by atoms with van der Waals surface area (Å²) in [6.07, 6.45) is 1.92. The van der Waals surface area contributed by atoms with E-state index in [0.717, 1.165) is 44.4 Å². The predicted octanol–water partition coefficient (Wildman–Crippen LogP) is 12.1.